The minimum absolute atomic E-state index is 0.151. The normalized spacial score (nSPS) is 16.1. The Morgan fingerprint density at radius 1 is 1.62 bits per heavy atom. The third kappa shape index (κ3) is 3.62. The summed E-state index contributed by atoms with van der Waals surface area (Å²) >= 11 is 0. The Morgan fingerprint density at radius 2 is 2.38 bits per heavy atom. The molecule has 1 aliphatic rings. The quantitative estimate of drug-likeness (QED) is 0.708. The van der Waals surface area contributed by atoms with Gasteiger partial charge in [0.15, 0.2) is 0 Å². The van der Waals surface area contributed by atoms with E-state index < -0.39 is 0 Å². The summed E-state index contributed by atoms with van der Waals surface area (Å²) in [4.78, 5) is 11.4. The molecule has 1 N–H and O–H groups in total. The zero-order chi connectivity index (χ0) is 9.68. The maximum atomic E-state index is 11.4. The van der Waals surface area contributed by atoms with Gasteiger partial charge in [-0.1, -0.05) is 19.9 Å². The Morgan fingerprint density at radius 3 is 2.92 bits per heavy atom. The van der Waals surface area contributed by atoms with Gasteiger partial charge >= 0.3 is 0 Å². The van der Waals surface area contributed by atoms with E-state index >= 15 is 0 Å². The van der Waals surface area contributed by atoms with Crippen molar-refractivity contribution >= 4 is 5.91 Å². The first-order chi connectivity index (χ1) is 6.20. The molecule has 74 valence electrons. The molecule has 0 atom stereocenters. The van der Waals surface area contributed by atoms with Crippen LogP contribution < -0.4 is 5.32 Å². The lowest BCUT2D eigenvalue weighted by Crippen LogP contribution is -2.26. The molecule has 1 amide bonds. The molecule has 0 unspecified atom stereocenters. The largest absolute Gasteiger partial charge is 0.352 e. The Balaban J connectivity index is 2.17. The molecule has 0 spiro atoms. The Labute approximate surface area is 80.4 Å². The molecule has 0 fully saturated rings. The molecule has 2 heteroatoms. The van der Waals surface area contributed by atoms with Gasteiger partial charge in [-0.2, -0.15) is 0 Å². The first-order valence-corrected chi connectivity index (χ1v) is 5.17. The number of nitrogens with one attached hydrogen (secondary N) is 1. The van der Waals surface area contributed by atoms with Crippen LogP contribution in [0.4, 0.5) is 0 Å². The van der Waals surface area contributed by atoms with Crippen molar-refractivity contribution < 1.29 is 4.79 Å². The molecule has 0 aliphatic heterocycles. The van der Waals surface area contributed by atoms with Crippen molar-refractivity contribution in [2.75, 3.05) is 6.54 Å². The zero-order valence-electron chi connectivity index (χ0n) is 8.60. The highest BCUT2D eigenvalue weighted by molar-refractivity contribution is 5.93. The number of allylic oxidation sites excluding steroid dienone is 1. The molecule has 1 aliphatic carbocycles. The number of carbonyl (C=O) groups is 1. The van der Waals surface area contributed by atoms with Crippen LogP contribution in [0.2, 0.25) is 0 Å². The van der Waals surface area contributed by atoms with E-state index in [4.69, 9.17) is 0 Å². The number of amides is 1. The number of hydrogen-bond donors (Lipinski definition) is 1. The summed E-state index contributed by atoms with van der Waals surface area (Å²) in [5.41, 5.74) is 0.990. The molecule has 0 aromatic carbocycles. The molecule has 0 bridgehead atoms. The minimum atomic E-state index is 0.151. The second-order valence-electron chi connectivity index (χ2n) is 4.06. The Bertz CT molecular complexity index is 206. The first kappa shape index (κ1) is 10.3. The predicted molar refractivity (Wildman–Crippen MR) is 54.4 cm³/mol. The first-order valence-electron chi connectivity index (χ1n) is 5.17. The number of carbonyl (C=O) groups excluding carboxylic acids is 1. The summed E-state index contributed by atoms with van der Waals surface area (Å²) in [7, 11) is 0. The van der Waals surface area contributed by atoms with E-state index in [1.54, 1.807) is 0 Å². The Kier molecular flexibility index (Phi) is 4.00. The molecule has 0 radical (unpaired) electrons. The van der Waals surface area contributed by atoms with Crippen molar-refractivity contribution in [1.29, 1.82) is 0 Å². The maximum Gasteiger partial charge on any atom is 0.246 e. The van der Waals surface area contributed by atoms with Crippen LogP contribution in [0.3, 0.4) is 0 Å². The summed E-state index contributed by atoms with van der Waals surface area (Å²) in [6.45, 7) is 5.15. The molecule has 0 heterocycles. The van der Waals surface area contributed by atoms with Gasteiger partial charge in [-0.15, -0.1) is 0 Å². The maximum absolute atomic E-state index is 11.4. The minimum Gasteiger partial charge on any atom is -0.352 e. The van der Waals surface area contributed by atoms with Crippen LogP contribution >= 0.6 is 0 Å². The van der Waals surface area contributed by atoms with E-state index in [0.29, 0.717) is 5.92 Å². The number of hydrogen-bond acceptors (Lipinski definition) is 1. The fourth-order valence-corrected chi connectivity index (χ4v) is 1.47. The lowest BCUT2D eigenvalue weighted by molar-refractivity contribution is -0.117. The average Bonchev–Trinajstić information content (AvgIpc) is 2.55. The lowest BCUT2D eigenvalue weighted by Gasteiger charge is -2.07. The van der Waals surface area contributed by atoms with Crippen LogP contribution in [-0.2, 0) is 4.79 Å². The summed E-state index contributed by atoms with van der Waals surface area (Å²) in [6, 6.07) is 0. The lowest BCUT2D eigenvalue weighted by atomic mass is 10.1. The summed E-state index contributed by atoms with van der Waals surface area (Å²) in [5, 5.41) is 2.95. The zero-order valence-corrected chi connectivity index (χ0v) is 8.60. The number of rotatable bonds is 4. The topological polar surface area (TPSA) is 29.1 Å². The summed E-state index contributed by atoms with van der Waals surface area (Å²) in [5.74, 6) is 0.816. The van der Waals surface area contributed by atoms with Crippen LogP contribution in [0.5, 0.6) is 0 Å². The smallest absolute Gasteiger partial charge is 0.246 e. The van der Waals surface area contributed by atoms with Gasteiger partial charge in [0.1, 0.15) is 0 Å². The highest BCUT2D eigenvalue weighted by Crippen LogP contribution is 2.17. The van der Waals surface area contributed by atoms with Gasteiger partial charge in [0, 0.05) is 12.1 Å². The average molecular weight is 181 g/mol. The van der Waals surface area contributed by atoms with Crippen molar-refractivity contribution in [3.05, 3.63) is 11.6 Å². The van der Waals surface area contributed by atoms with Crippen LogP contribution in [-0.4, -0.2) is 12.5 Å². The van der Waals surface area contributed by atoms with Crippen LogP contribution in [0.1, 0.15) is 39.5 Å². The second-order valence-corrected chi connectivity index (χ2v) is 4.06. The van der Waals surface area contributed by atoms with Gasteiger partial charge in [0.25, 0.3) is 0 Å². The van der Waals surface area contributed by atoms with Gasteiger partial charge in [0.05, 0.1) is 0 Å². The van der Waals surface area contributed by atoms with E-state index in [2.05, 4.69) is 25.2 Å². The van der Waals surface area contributed by atoms with Gasteiger partial charge in [-0.05, 0) is 31.6 Å². The Hall–Kier alpha value is -0.790. The van der Waals surface area contributed by atoms with E-state index in [9.17, 15) is 4.79 Å². The SMILES string of the molecule is CC(C)CCNC(=O)C1=CCCC1. The van der Waals surface area contributed by atoms with E-state index in [0.717, 1.165) is 37.8 Å². The highest BCUT2D eigenvalue weighted by Gasteiger charge is 2.12. The van der Waals surface area contributed by atoms with Crippen molar-refractivity contribution in [3.63, 3.8) is 0 Å². The van der Waals surface area contributed by atoms with Gasteiger partial charge in [0.2, 0.25) is 5.91 Å². The van der Waals surface area contributed by atoms with Gasteiger partial charge in [-0.3, -0.25) is 4.79 Å². The van der Waals surface area contributed by atoms with Crippen molar-refractivity contribution in [3.8, 4) is 0 Å². The molecule has 13 heavy (non-hydrogen) atoms. The molecule has 0 aromatic heterocycles. The van der Waals surface area contributed by atoms with Gasteiger partial charge < -0.3 is 5.32 Å². The summed E-state index contributed by atoms with van der Waals surface area (Å²) in [6.07, 6.45) is 6.32. The third-order valence-corrected chi connectivity index (χ3v) is 2.34. The predicted octanol–water partition coefficient (Wildman–Crippen LogP) is 2.26. The van der Waals surface area contributed by atoms with Crippen molar-refractivity contribution in [2.45, 2.75) is 39.5 Å². The third-order valence-electron chi connectivity index (χ3n) is 2.34. The summed E-state index contributed by atoms with van der Waals surface area (Å²) < 4.78 is 0. The van der Waals surface area contributed by atoms with Crippen molar-refractivity contribution in [2.24, 2.45) is 5.92 Å². The molecular weight excluding hydrogens is 162 g/mol. The second kappa shape index (κ2) is 5.05. The molecule has 0 aromatic rings. The molecule has 1 rings (SSSR count). The molecule has 0 saturated carbocycles. The molecule has 2 nitrogen and oxygen atoms in total. The highest BCUT2D eigenvalue weighted by atomic mass is 16.1. The van der Waals surface area contributed by atoms with Crippen molar-refractivity contribution in [1.82, 2.24) is 5.32 Å². The van der Waals surface area contributed by atoms with E-state index in [-0.39, 0.29) is 5.91 Å². The van der Waals surface area contributed by atoms with Crippen LogP contribution in [0.25, 0.3) is 0 Å². The van der Waals surface area contributed by atoms with E-state index in [1.165, 1.54) is 0 Å². The van der Waals surface area contributed by atoms with Crippen LogP contribution in [0, 0.1) is 5.92 Å². The fraction of sp³-hybridized carbons (Fsp3) is 0.727. The molecular formula is C11H19NO. The fourth-order valence-electron chi connectivity index (χ4n) is 1.47. The van der Waals surface area contributed by atoms with Gasteiger partial charge in [-0.25, -0.2) is 0 Å². The standard InChI is InChI=1S/C11H19NO/c1-9(2)7-8-12-11(13)10-5-3-4-6-10/h5,9H,3-4,6-8H2,1-2H3,(H,12,13). The van der Waals surface area contributed by atoms with Crippen LogP contribution in [0.15, 0.2) is 11.6 Å². The molecule has 0 saturated heterocycles. The van der Waals surface area contributed by atoms with E-state index in [1.807, 2.05) is 0 Å². The monoisotopic (exact) mass is 181 g/mol.